The zero-order valence-electron chi connectivity index (χ0n) is 13.4. The van der Waals surface area contributed by atoms with Gasteiger partial charge in [0.1, 0.15) is 5.75 Å². The van der Waals surface area contributed by atoms with E-state index in [1.54, 1.807) is 7.11 Å². The number of rotatable bonds is 7. The number of aromatic nitrogens is 2. The topological polar surface area (TPSA) is 39.1 Å². The minimum Gasteiger partial charge on any atom is -0.496 e. The molecule has 21 heavy (non-hydrogen) atoms. The molecule has 1 aromatic carbocycles. The van der Waals surface area contributed by atoms with E-state index < -0.39 is 0 Å². The number of hydrogen-bond acceptors (Lipinski definition) is 3. The van der Waals surface area contributed by atoms with Crippen molar-refractivity contribution in [3.63, 3.8) is 0 Å². The highest BCUT2D eigenvalue weighted by atomic mass is 16.5. The number of aryl methyl sites for hydroxylation is 2. The normalized spacial score (nSPS) is 12.4. The van der Waals surface area contributed by atoms with E-state index in [-0.39, 0.29) is 6.04 Å². The predicted octanol–water partition coefficient (Wildman–Crippen LogP) is 3.02. The smallest absolute Gasteiger partial charge is 0.122 e. The summed E-state index contributed by atoms with van der Waals surface area (Å²) >= 11 is 0. The van der Waals surface area contributed by atoms with E-state index in [2.05, 4.69) is 42.6 Å². The maximum Gasteiger partial charge on any atom is 0.122 e. The molecule has 2 rings (SSSR count). The summed E-state index contributed by atoms with van der Waals surface area (Å²) in [5.41, 5.74) is 3.70. The Balaban J connectivity index is 2.24. The average molecular weight is 287 g/mol. The summed E-state index contributed by atoms with van der Waals surface area (Å²) in [7, 11) is 3.68. The summed E-state index contributed by atoms with van der Waals surface area (Å²) in [5, 5.41) is 7.90. The molecule has 4 heteroatoms. The Morgan fingerprint density at radius 3 is 2.81 bits per heavy atom. The zero-order chi connectivity index (χ0) is 15.2. The van der Waals surface area contributed by atoms with Gasteiger partial charge in [0.05, 0.1) is 13.3 Å². The molecule has 0 aliphatic carbocycles. The van der Waals surface area contributed by atoms with Crippen LogP contribution in [0.25, 0.3) is 0 Å². The van der Waals surface area contributed by atoms with Crippen LogP contribution in [0.1, 0.15) is 36.1 Å². The minimum absolute atomic E-state index is 0.259. The van der Waals surface area contributed by atoms with E-state index in [0.29, 0.717) is 0 Å². The lowest BCUT2D eigenvalue weighted by molar-refractivity contribution is 0.405. The first-order valence-electron chi connectivity index (χ1n) is 7.49. The molecule has 4 nitrogen and oxygen atoms in total. The molecule has 1 heterocycles. The SMILES string of the molecule is CCCNC(Cc1cc(C)ccc1OC)c1cnn(C)c1. The van der Waals surface area contributed by atoms with Crippen LogP contribution in [0.2, 0.25) is 0 Å². The summed E-state index contributed by atoms with van der Waals surface area (Å²) in [6.45, 7) is 5.29. The lowest BCUT2D eigenvalue weighted by atomic mass is 9.99. The lowest BCUT2D eigenvalue weighted by Crippen LogP contribution is -2.24. The molecule has 0 saturated heterocycles. The number of benzene rings is 1. The van der Waals surface area contributed by atoms with Crippen molar-refractivity contribution in [2.45, 2.75) is 32.7 Å². The van der Waals surface area contributed by atoms with Gasteiger partial charge in [-0.3, -0.25) is 4.68 Å². The molecule has 114 valence electrons. The van der Waals surface area contributed by atoms with Crippen LogP contribution in [-0.4, -0.2) is 23.4 Å². The van der Waals surface area contributed by atoms with Crippen molar-refractivity contribution in [2.75, 3.05) is 13.7 Å². The lowest BCUT2D eigenvalue weighted by Gasteiger charge is -2.19. The molecule has 0 radical (unpaired) electrons. The van der Waals surface area contributed by atoms with Gasteiger partial charge in [0, 0.05) is 24.8 Å². The van der Waals surface area contributed by atoms with E-state index in [1.807, 2.05) is 24.0 Å². The van der Waals surface area contributed by atoms with Crippen molar-refractivity contribution in [3.8, 4) is 5.75 Å². The van der Waals surface area contributed by atoms with Crippen molar-refractivity contribution in [3.05, 3.63) is 47.3 Å². The fourth-order valence-corrected chi connectivity index (χ4v) is 2.53. The predicted molar refractivity (Wildman–Crippen MR) is 85.7 cm³/mol. The maximum absolute atomic E-state index is 5.50. The minimum atomic E-state index is 0.259. The van der Waals surface area contributed by atoms with Crippen molar-refractivity contribution < 1.29 is 4.74 Å². The van der Waals surface area contributed by atoms with Crippen LogP contribution in [0.15, 0.2) is 30.6 Å². The molecule has 1 aromatic heterocycles. The summed E-state index contributed by atoms with van der Waals surface area (Å²) in [6, 6.07) is 6.59. The van der Waals surface area contributed by atoms with Crippen LogP contribution in [0.5, 0.6) is 5.75 Å². The van der Waals surface area contributed by atoms with Crippen LogP contribution < -0.4 is 10.1 Å². The van der Waals surface area contributed by atoms with Crippen LogP contribution in [-0.2, 0) is 13.5 Å². The van der Waals surface area contributed by atoms with Gasteiger partial charge in [-0.2, -0.15) is 5.10 Å². The highest BCUT2D eigenvalue weighted by Crippen LogP contribution is 2.26. The number of methoxy groups -OCH3 is 1. The van der Waals surface area contributed by atoms with Gasteiger partial charge in [0.2, 0.25) is 0 Å². The molecular weight excluding hydrogens is 262 g/mol. The second-order valence-corrected chi connectivity index (χ2v) is 5.47. The van der Waals surface area contributed by atoms with E-state index in [0.717, 1.165) is 25.1 Å². The molecule has 0 aliphatic heterocycles. The van der Waals surface area contributed by atoms with Gasteiger partial charge in [-0.25, -0.2) is 0 Å². The fourth-order valence-electron chi connectivity index (χ4n) is 2.53. The van der Waals surface area contributed by atoms with E-state index in [4.69, 9.17) is 4.74 Å². The molecule has 1 N–H and O–H groups in total. The van der Waals surface area contributed by atoms with E-state index in [9.17, 15) is 0 Å². The van der Waals surface area contributed by atoms with Crippen molar-refractivity contribution >= 4 is 0 Å². The Morgan fingerprint density at radius 1 is 1.38 bits per heavy atom. The van der Waals surface area contributed by atoms with Gasteiger partial charge in [0.15, 0.2) is 0 Å². The molecule has 0 amide bonds. The third kappa shape index (κ3) is 4.08. The number of hydrogen-bond donors (Lipinski definition) is 1. The third-order valence-corrected chi connectivity index (χ3v) is 3.63. The standard InChI is InChI=1S/C17H25N3O/c1-5-8-18-16(15-11-19-20(3)12-15)10-14-9-13(2)6-7-17(14)21-4/h6-7,9,11-12,16,18H,5,8,10H2,1-4H3. The van der Waals surface area contributed by atoms with Crippen LogP contribution in [0.4, 0.5) is 0 Å². The molecule has 0 bridgehead atoms. The van der Waals surface area contributed by atoms with Gasteiger partial charge in [-0.05, 0) is 37.9 Å². The molecule has 0 aliphatic rings. The monoisotopic (exact) mass is 287 g/mol. The van der Waals surface area contributed by atoms with Crippen molar-refractivity contribution in [2.24, 2.45) is 7.05 Å². The summed E-state index contributed by atoms with van der Waals surface area (Å²) in [5.74, 6) is 0.952. The first-order valence-corrected chi connectivity index (χ1v) is 7.49. The van der Waals surface area contributed by atoms with Gasteiger partial charge in [0.25, 0.3) is 0 Å². The van der Waals surface area contributed by atoms with Gasteiger partial charge in [-0.15, -0.1) is 0 Å². The first kappa shape index (κ1) is 15.6. The Hall–Kier alpha value is -1.81. The summed E-state index contributed by atoms with van der Waals surface area (Å²) in [4.78, 5) is 0. The van der Waals surface area contributed by atoms with Crippen LogP contribution >= 0.6 is 0 Å². The maximum atomic E-state index is 5.50. The molecule has 1 unspecified atom stereocenters. The van der Waals surface area contributed by atoms with Gasteiger partial charge in [-0.1, -0.05) is 24.6 Å². The highest BCUT2D eigenvalue weighted by Gasteiger charge is 2.16. The third-order valence-electron chi connectivity index (χ3n) is 3.63. The Labute approximate surface area is 127 Å². The van der Waals surface area contributed by atoms with Crippen molar-refractivity contribution in [1.82, 2.24) is 15.1 Å². The molecule has 0 saturated carbocycles. The summed E-state index contributed by atoms with van der Waals surface area (Å²) in [6.07, 6.45) is 6.03. The Morgan fingerprint density at radius 2 is 2.19 bits per heavy atom. The second-order valence-electron chi connectivity index (χ2n) is 5.47. The summed E-state index contributed by atoms with van der Waals surface area (Å²) < 4.78 is 7.35. The molecule has 2 aromatic rings. The molecule has 1 atom stereocenters. The van der Waals surface area contributed by atoms with Crippen LogP contribution in [0, 0.1) is 6.92 Å². The van der Waals surface area contributed by atoms with Crippen LogP contribution in [0.3, 0.4) is 0 Å². The van der Waals surface area contributed by atoms with E-state index >= 15 is 0 Å². The van der Waals surface area contributed by atoms with Gasteiger partial charge >= 0.3 is 0 Å². The molecule has 0 spiro atoms. The average Bonchev–Trinajstić information content (AvgIpc) is 2.90. The largest absolute Gasteiger partial charge is 0.496 e. The quantitative estimate of drug-likeness (QED) is 0.851. The van der Waals surface area contributed by atoms with E-state index in [1.165, 1.54) is 16.7 Å². The number of nitrogens with zero attached hydrogens (tertiary/aromatic N) is 2. The Kier molecular flexibility index (Phi) is 5.39. The Bertz CT molecular complexity index is 577. The molecular formula is C17H25N3O. The molecule has 0 fully saturated rings. The second kappa shape index (κ2) is 7.27. The van der Waals surface area contributed by atoms with Crippen molar-refractivity contribution in [1.29, 1.82) is 0 Å². The number of ether oxygens (including phenoxy) is 1. The highest BCUT2D eigenvalue weighted by molar-refractivity contribution is 5.38. The van der Waals surface area contributed by atoms with Gasteiger partial charge < -0.3 is 10.1 Å². The first-order chi connectivity index (χ1) is 10.1. The fraction of sp³-hybridized carbons (Fsp3) is 0.471. The zero-order valence-corrected chi connectivity index (χ0v) is 13.4. The number of nitrogens with one attached hydrogen (secondary N) is 1.